The van der Waals surface area contributed by atoms with Crippen molar-refractivity contribution in [3.63, 3.8) is 0 Å². The van der Waals surface area contributed by atoms with E-state index in [0.29, 0.717) is 28.1 Å². The quantitative estimate of drug-likeness (QED) is 0.490. The summed E-state index contributed by atoms with van der Waals surface area (Å²) in [5.41, 5.74) is 0.983. The van der Waals surface area contributed by atoms with Crippen LogP contribution in [0.1, 0.15) is 36.5 Å². The summed E-state index contributed by atoms with van der Waals surface area (Å²) in [6.45, 7) is 1.59. The van der Waals surface area contributed by atoms with Crippen LogP contribution in [-0.2, 0) is 19.1 Å². The fourth-order valence-electron chi connectivity index (χ4n) is 4.57. The van der Waals surface area contributed by atoms with Gasteiger partial charge >= 0.3 is 5.97 Å². The number of imide groups is 1. The predicted octanol–water partition coefficient (Wildman–Crippen LogP) is 4.07. The van der Waals surface area contributed by atoms with Gasteiger partial charge in [-0.25, -0.2) is 4.79 Å². The van der Waals surface area contributed by atoms with Gasteiger partial charge < -0.3 is 14.8 Å². The number of methoxy groups -OCH3 is 1. The van der Waals surface area contributed by atoms with Gasteiger partial charge in [0.25, 0.3) is 5.91 Å². The number of anilines is 2. The number of rotatable bonds is 6. The average molecular weight is 485 g/mol. The van der Waals surface area contributed by atoms with E-state index in [1.165, 1.54) is 30.2 Å². The molecule has 8 nitrogen and oxygen atoms in total. The van der Waals surface area contributed by atoms with Crippen LogP contribution in [0.5, 0.6) is 5.75 Å². The number of nitrogens with one attached hydrogen (secondary N) is 1. The molecule has 9 heteroatoms. The standard InChI is InChI=1S/C25H25ClN2O6/c1-14-3-9-18-19(11-14)24(31)28(23(18)30)17-7-4-15(5-8-17)25(32)34-13-22(29)27-20-12-16(26)6-10-21(20)33-2/h4-8,10,12,14,18-19H,3,9,11,13H2,1-2H3,(H,27,29)/t14-,18-,19-/m1/s1. The first-order chi connectivity index (χ1) is 16.3. The molecule has 1 saturated carbocycles. The van der Waals surface area contributed by atoms with Crippen molar-refractivity contribution in [2.24, 2.45) is 17.8 Å². The molecule has 178 valence electrons. The Morgan fingerprint density at radius 2 is 1.76 bits per heavy atom. The minimum Gasteiger partial charge on any atom is -0.495 e. The highest BCUT2D eigenvalue weighted by atomic mass is 35.5. The van der Waals surface area contributed by atoms with Crippen molar-refractivity contribution in [3.8, 4) is 5.75 Å². The van der Waals surface area contributed by atoms with Crippen LogP contribution in [0, 0.1) is 17.8 Å². The summed E-state index contributed by atoms with van der Waals surface area (Å²) >= 11 is 5.95. The third-order valence-corrected chi connectivity index (χ3v) is 6.55. The predicted molar refractivity (Wildman–Crippen MR) is 126 cm³/mol. The Bertz CT molecular complexity index is 1130. The molecule has 1 N–H and O–H groups in total. The third kappa shape index (κ3) is 4.77. The second-order valence-electron chi connectivity index (χ2n) is 8.66. The zero-order valence-electron chi connectivity index (χ0n) is 18.9. The van der Waals surface area contributed by atoms with Crippen LogP contribution < -0.4 is 15.0 Å². The lowest BCUT2D eigenvalue weighted by atomic mass is 9.76. The maximum absolute atomic E-state index is 12.9. The van der Waals surface area contributed by atoms with Crippen molar-refractivity contribution in [2.75, 3.05) is 23.9 Å². The summed E-state index contributed by atoms with van der Waals surface area (Å²) in [4.78, 5) is 51.5. The number of carbonyl (C=O) groups excluding carboxylic acids is 4. The molecule has 0 aromatic heterocycles. The van der Waals surface area contributed by atoms with Gasteiger partial charge in [-0.2, -0.15) is 0 Å². The molecule has 2 aromatic carbocycles. The molecule has 0 bridgehead atoms. The Hall–Kier alpha value is -3.39. The first-order valence-electron chi connectivity index (χ1n) is 11.1. The molecule has 1 heterocycles. The number of nitrogens with zero attached hydrogens (tertiary/aromatic N) is 1. The largest absolute Gasteiger partial charge is 0.495 e. The van der Waals surface area contributed by atoms with E-state index in [4.69, 9.17) is 21.1 Å². The lowest BCUT2D eigenvalue weighted by Crippen LogP contribution is -2.30. The van der Waals surface area contributed by atoms with Crippen LogP contribution >= 0.6 is 11.6 Å². The van der Waals surface area contributed by atoms with Crippen molar-refractivity contribution < 1.29 is 28.7 Å². The normalized spacial score (nSPS) is 21.7. The SMILES string of the molecule is COc1ccc(Cl)cc1NC(=O)COC(=O)c1ccc(N2C(=O)[C@@H]3CC[C@@H](C)C[C@H]3C2=O)cc1. The van der Waals surface area contributed by atoms with Crippen LogP contribution in [0.25, 0.3) is 0 Å². The van der Waals surface area contributed by atoms with Crippen LogP contribution in [0.4, 0.5) is 11.4 Å². The molecule has 1 saturated heterocycles. The van der Waals surface area contributed by atoms with Gasteiger partial charge in [0, 0.05) is 5.02 Å². The topological polar surface area (TPSA) is 102 Å². The lowest BCUT2D eigenvalue weighted by molar-refractivity contribution is -0.122. The Morgan fingerprint density at radius 1 is 1.06 bits per heavy atom. The van der Waals surface area contributed by atoms with E-state index in [0.717, 1.165) is 19.3 Å². The molecule has 2 fully saturated rings. The van der Waals surface area contributed by atoms with Crippen LogP contribution in [0.2, 0.25) is 5.02 Å². The third-order valence-electron chi connectivity index (χ3n) is 6.32. The number of hydrogen-bond acceptors (Lipinski definition) is 6. The average Bonchev–Trinajstić information content (AvgIpc) is 3.07. The first kappa shape index (κ1) is 23.8. The molecule has 0 unspecified atom stereocenters. The van der Waals surface area contributed by atoms with E-state index < -0.39 is 18.5 Å². The summed E-state index contributed by atoms with van der Waals surface area (Å²) in [5.74, 6) is -1.30. The molecule has 0 radical (unpaired) electrons. The van der Waals surface area contributed by atoms with Gasteiger partial charge in [0.2, 0.25) is 11.8 Å². The van der Waals surface area contributed by atoms with Gasteiger partial charge in [-0.3, -0.25) is 19.3 Å². The highest BCUT2D eigenvalue weighted by Gasteiger charge is 2.49. The number of amides is 3. The monoisotopic (exact) mass is 484 g/mol. The second kappa shape index (κ2) is 9.85. The molecule has 3 amide bonds. The zero-order chi connectivity index (χ0) is 24.4. The minimum absolute atomic E-state index is 0.176. The van der Waals surface area contributed by atoms with E-state index in [9.17, 15) is 19.2 Å². The Labute approximate surface area is 202 Å². The molecule has 34 heavy (non-hydrogen) atoms. The maximum Gasteiger partial charge on any atom is 0.338 e. The smallest absolute Gasteiger partial charge is 0.338 e. The molecule has 1 aliphatic heterocycles. The van der Waals surface area contributed by atoms with E-state index in [1.807, 2.05) is 0 Å². The Balaban J connectivity index is 1.36. The number of fused-ring (bicyclic) bond motifs is 1. The highest BCUT2D eigenvalue weighted by Crippen LogP contribution is 2.42. The number of benzene rings is 2. The van der Waals surface area contributed by atoms with Gasteiger partial charge in [-0.1, -0.05) is 18.5 Å². The van der Waals surface area contributed by atoms with E-state index in [-0.39, 0.29) is 29.2 Å². The maximum atomic E-state index is 12.9. The van der Waals surface area contributed by atoms with Gasteiger partial charge in [0.15, 0.2) is 6.61 Å². The molecular weight excluding hydrogens is 460 g/mol. The first-order valence-corrected chi connectivity index (χ1v) is 11.4. The summed E-state index contributed by atoms with van der Waals surface area (Å²) in [6, 6.07) is 10.8. The molecule has 1 aliphatic carbocycles. The van der Waals surface area contributed by atoms with Crippen molar-refractivity contribution in [1.29, 1.82) is 0 Å². The van der Waals surface area contributed by atoms with E-state index >= 15 is 0 Å². The van der Waals surface area contributed by atoms with Gasteiger partial charge in [-0.05, 0) is 67.6 Å². The molecule has 0 spiro atoms. The summed E-state index contributed by atoms with van der Waals surface area (Å²) in [5, 5.41) is 3.00. The number of halogens is 1. The van der Waals surface area contributed by atoms with Crippen molar-refractivity contribution in [2.45, 2.75) is 26.2 Å². The fourth-order valence-corrected chi connectivity index (χ4v) is 4.74. The highest BCUT2D eigenvalue weighted by molar-refractivity contribution is 6.31. The summed E-state index contributed by atoms with van der Waals surface area (Å²) < 4.78 is 10.3. The van der Waals surface area contributed by atoms with Crippen molar-refractivity contribution >= 4 is 46.7 Å². The van der Waals surface area contributed by atoms with Crippen LogP contribution in [0.3, 0.4) is 0 Å². The van der Waals surface area contributed by atoms with Crippen molar-refractivity contribution in [1.82, 2.24) is 0 Å². The summed E-state index contributed by atoms with van der Waals surface area (Å²) in [7, 11) is 1.46. The van der Waals surface area contributed by atoms with Gasteiger partial charge in [-0.15, -0.1) is 0 Å². The Kier molecular flexibility index (Phi) is 6.88. The zero-order valence-corrected chi connectivity index (χ0v) is 19.6. The van der Waals surface area contributed by atoms with Crippen molar-refractivity contribution in [3.05, 3.63) is 53.1 Å². The number of hydrogen-bond donors (Lipinski definition) is 1. The molecule has 4 rings (SSSR count). The van der Waals surface area contributed by atoms with E-state index in [1.54, 1.807) is 24.3 Å². The second-order valence-corrected chi connectivity index (χ2v) is 9.10. The molecule has 2 aliphatic rings. The molecular formula is C25H25ClN2O6. The fraction of sp³-hybridized carbons (Fsp3) is 0.360. The van der Waals surface area contributed by atoms with Gasteiger partial charge in [0.1, 0.15) is 5.75 Å². The number of ether oxygens (including phenoxy) is 2. The lowest BCUT2D eigenvalue weighted by Gasteiger charge is -2.25. The molecule has 3 atom stereocenters. The molecule has 2 aromatic rings. The Morgan fingerprint density at radius 3 is 2.47 bits per heavy atom. The number of esters is 1. The van der Waals surface area contributed by atoms with E-state index in [2.05, 4.69) is 12.2 Å². The van der Waals surface area contributed by atoms with Crippen LogP contribution in [0.15, 0.2) is 42.5 Å². The van der Waals surface area contributed by atoms with Crippen LogP contribution in [-0.4, -0.2) is 37.4 Å². The summed E-state index contributed by atoms with van der Waals surface area (Å²) in [6.07, 6.45) is 2.39. The minimum atomic E-state index is -0.707. The number of carbonyl (C=O) groups is 4. The van der Waals surface area contributed by atoms with Gasteiger partial charge in [0.05, 0.1) is 35.9 Å².